The minimum Gasteiger partial charge on any atom is -0.492 e. The van der Waals surface area contributed by atoms with Gasteiger partial charge in [0.05, 0.1) is 6.54 Å². The van der Waals surface area contributed by atoms with E-state index in [9.17, 15) is 13.2 Å². The van der Waals surface area contributed by atoms with Crippen LogP contribution >= 0.6 is 12.2 Å². The lowest BCUT2D eigenvalue weighted by Crippen LogP contribution is -2.38. The number of thiocarbonyl (C=S) groups is 1. The summed E-state index contributed by atoms with van der Waals surface area (Å²) in [6.07, 6.45) is -2.50. The Morgan fingerprint density at radius 1 is 1.29 bits per heavy atom. The van der Waals surface area contributed by atoms with Crippen LogP contribution in [0, 0.1) is 0 Å². The molecule has 0 amide bonds. The van der Waals surface area contributed by atoms with Gasteiger partial charge >= 0.3 is 6.18 Å². The van der Waals surface area contributed by atoms with Crippen molar-refractivity contribution in [1.29, 1.82) is 0 Å². The highest BCUT2D eigenvalue weighted by molar-refractivity contribution is 7.80. The molecule has 3 nitrogen and oxygen atoms in total. The number of ether oxygens (including phenoxy) is 1. The summed E-state index contributed by atoms with van der Waals surface area (Å²) in [6, 6.07) is 6.92. The third-order valence-electron chi connectivity index (χ3n) is 3.23. The maximum absolute atomic E-state index is 12.5. The molecule has 0 spiro atoms. The van der Waals surface area contributed by atoms with Gasteiger partial charge in [0.2, 0.25) is 0 Å². The van der Waals surface area contributed by atoms with Crippen LogP contribution in [0.15, 0.2) is 24.3 Å². The Hall–Kier alpha value is -1.34. The Morgan fingerprint density at radius 3 is 2.38 bits per heavy atom. The predicted octanol–water partition coefficient (Wildman–Crippen LogP) is 2.73. The Morgan fingerprint density at radius 2 is 1.90 bits per heavy atom. The van der Waals surface area contributed by atoms with Crippen LogP contribution in [0.3, 0.4) is 0 Å². The van der Waals surface area contributed by atoms with Gasteiger partial charge in [0.15, 0.2) is 0 Å². The number of hydrogen-bond acceptors (Lipinski definition) is 3. The fourth-order valence-corrected chi connectivity index (χ4v) is 2.19. The number of hydrogen-bond donors (Lipinski definition) is 1. The second-order valence-corrected chi connectivity index (χ2v) is 5.49. The average Bonchev–Trinajstić information content (AvgIpc) is 3.21. The highest BCUT2D eigenvalue weighted by Gasteiger charge is 2.37. The van der Waals surface area contributed by atoms with E-state index in [-0.39, 0.29) is 19.2 Å². The van der Waals surface area contributed by atoms with E-state index in [0.29, 0.717) is 10.7 Å². The molecular weight excluding hydrogens is 301 g/mol. The van der Waals surface area contributed by atoms with E-state index in [0.717, 1.165) is 18.4 Å². The Bertz CT molecular complexity index is 486. The van der Waals surface area contributed by atoms with Crippen molar-refractivity contribution in [1.82, 2.24) is 4.90 Å². The minimum absolute atomic E-state index is 0.0483. The number of rotatable bonds is 7. The van der Waals surface area contributed by atoms with E-state index in [4.69, 9.17) is 22.7 Å². The van der Waals surface area contributed by atoms with Crippen LogP contribution in [-0.4, -0.2) is 41.8 Å². The molecule has 0 heterocycles. The Labute approximate surface area is 126 Å². The summed E-state index contributed by atoms with van der Waals surface area (Å²) in [5.41, 5.74) is 6.21. The van der Waals surface area contributed by atoms with E-state index in [1.54, 1.807) is 24.3 Å². The number of benzene rings is 1. The highest BCUT2D eigenvalue weighted by atomic mass is 32.1. The van der Waals surface area contributed by atoms with Crippen molar-refractivity contribution in [2.45, 2.75) is 25.1 Å². The van der Waals surface area contributed by atoms with Gasteiger partial charge in [-0.05, 0) is 37.1 Å². The number of nitrogens with zero attached hydrogens (tertiary/aromatic N) is 1. The van der Waals surface area contributed by atoms with Crippen molar-refractivity contribution in [2.24, 2.45) is 5.73 Å². The maximum Gasteiger partial charge on any atom is 0.401 e. The van der Waals surface area contributed by atoms with Crippen LogP contribution < -0.4 is 10.5 Å². The zero-order chi connectivity index (χ0) is 15.5. The van der Waals surface area contributed by atoms with Gasteiger partial charge in [0.1, 0.15) is 17.3 Å². The van der Waals surface area contributed by atoms with E-state index in [2.05, 4.69) is 0 Å². The largest absolute Gasteiger partial charge is 0.492 e. The van der Waals surface area contributed by atoms with Crippen molar-refractivity contribution in [3.8, 4) is 5.75 Å². The first kappa shape index (κ1) is 16.0. The summed E-state index contributed by atoms with van der Waals surface area (Å²) in [5, 5.41) is 0. The van der Waals surface area contributed by atoms with Gasteiger partial charge in [0, 0.05) is 18.2 Å². The second kappa shape index (κ2) is 6.62. The molecule has 0 unspecified atom stereocenters. The normalized spacial score (nSPS) is 15.2. The summed E-state index contributed by atoms with van der Waals surface area (Å²) in [6.45, 7) is -0.387. The summed E-state index contributed by atoms with van der Waals surface area (Å²) < 4.78 is 42.8. The molecule has 1 saturated carbocycles. The third-order valence-corrected chi connectivity index (χ3v) is 3.47. The van der Waals surface area contributed by atoms with E-state index >= 15 is 0 Å². The fourth-order valence-electron chi connectivity index (χ4n) is 2.06. The summed E-state index contributed by atoms with van der Waals surface area (Å²) in [5.74, 6) is 0.595. The first-order valence-electron chi connectivity index (χ1n) is 6.68. The lowest BCUT2D eigenvalue weighted by Gasteiger charge is -2.23. The van der Waals surface area contributed by atoms with Gasteiger partial charge in [-0.1, -0.05) is 12.2 Å². The molecule has 0 bridgehead atoms. The number of halogens is 3. The molecule has 0 atom stereocenters. The number of alkyl halides is 3. The first-order valence-corrected chi connectivity index (χ1v) is 7.09. The molecule has 116 valence electrons. The average molecular weight is 318 g/mol. The van der Waals surface area contributed by atoms with Crippen molar-refractivity contribution in [3.63, 3.8) is 0 Å². The molecule has 1 aliphatic carbocycles. The Kier molecular flexibility index (Phi) is 5.05. The maximum atomic E-state index is 12.5. The topological polar surface area (TPSA) is 38.5 Å². The van der Waals surface area contributed by atoms with Crippen LogP contribution in [0.25, 0.3) is 0 Å². The number of nitrogens with two attached hydrogens (primary N) is 1. The quantitative estimate of drug-likeness (QED) is 0.785. The van der Waals surface area contributed by atoms with Crippen LogP contribution in [-0.2, 0) is 0 Å². The van der Waals surface area contributed by atoms with Gasteiger partial charge in [-0.25, -0.2) is 0 Å². The molecule has 0 saturated heterocycles. The molecule has 7 heteroatoms. The van der Waals surface area contributed by atoms with Crippen LogP contribution in [0.5, 0.6) is 5.75 Å². The van der Waals surface area contributed by atoms with Crippen LogP contribution in [0.2, 0.25) is 0 Å². The molecule has 1 aromatic carbocycles. The van der Waals surface area contributed by atoms with Gasteiger partial charge < -0.3 is 10.5 Å². The highest BCUT2D eigenvalue weighted by Crippen LogP contribution is 2.29. The predicted molar refractivity (Wildman–Crippen MR) is 78.5 cm³/mol. The fraction of sp³-hybridized carbons (Fsp3) is 0.500. The monoisotopic (exact) mass is 318 g/mol. The lowest BCUT2D eigenvalue weighted by atomic mass is 10.2. The van der Waals surface area contributed by atoms with Crippen molar-refractivity contribution < 1.29 is 17.9 Å². The summed E-state index contributed by atoms with van der Waals surface area (Å²) >= 11 is 4.84. The molecule has 0 aromatic heterocycles. The van der Waals surface area contributed by atoms with Gasteiger partial charge in [0.25, 0.3) is 0 Å². The molecule has 1 aliphatic rings. The van der Waals surface area contributed by atoms with Gasteiger partial charge in [-0.3, -0.25) is 4.90 Å². The minimum atomic E-state index is -4.17. The van der Waals surface area contributed by atoms with E-state index in [1.807, 2.05) is 0 Å². The molecule has 0 aliphatic heterocycles. The van der Waals surface area contributed by atoms with E-state index in [1.165, 1.54) is 4.90 Å². The molecule has 1 fully saturated rings. The van der Waals surface area contributed by atoms with Crippen LogP contribution in [0.4, 0.5) is 13.2 Å². The van der Waals surface area contributed by atoms with Crippen molar-refractivity contribution in [2.75, 3.05) is 19.7 Å². The zero-order valence-electron chi connectivity index (χ0n) is 11.4. The van der Waals surface area contributed by atoms with Gasteiger partial charge in [-0.2, -0.15) is 13.2 Å². The van der Waals surface area contributed by atoms with Crippen LogP contribution in [0.1, 0.15) is 18.4 Å². The lowest BCUT2D eigenvalue weighted by molar-refractivity contribution is -0.147. The standard InChI is InChI=1S/C14H17F3N2OS/c15-14(16,17)9-19(11-3-4-11)7-8-20-12-5-1-10(2-6-12)13(18)21/h1-2,5-6,11H,3-4,7-9H2,(H2,18,21). The molecule has 2 rings (SSSR count). The molecule has 2 N–H and O–H groups in total. The second-order valence-electron chi connectivity index (χ2n) is 5.05. The zero-order valence-corrected chi connectivity index (χ0v) is 12.2. The summed E-state index contributed by atoms with van der Waals surface area (Å²) in [4.78, 5) is 1.73. The SMILES string of the molecule is NC(=S)c1ccc(OCCN(CC(F)(F)F)C2CC2)cc1. The summed E-state index contributed by atoms with van der Waals surface area (Å²) in [7, 11) is 0. The molecule has 0 radical (unpaired) electrons. The molecule has 21 heavy (non-hydrogen) atoms. The smallest absolute Gasteiger partial charge is 0.401 e. The van der Waals surface area contributed by atoms with Gasteiger partial charge in [-0.15, -0.1) is 0 Å². The van der Waals surface area contributed by atoms with E-state index < -0.39 is 12.7 Å². The molecule has 1 aromatic rings. The van der Waals surface area contributed by atoms with Crippen molar-refractivity contribution in [3.05, 3.63) is 29.8 Å². The van der Waals surface area contributed by atoms with Crippen molar-refractivity contribution >= 4 is 17.2 Å². The molecular formula is C14H17F3N2OS. The Balaban J connectivity index is 1.80. The first-order chi connectivity index (χ1) is 9.85. The third kappa shape index (κ3) is 5.51.